The molecule has 1 aromatic rings. The standard InChI is InChI=1S/C12H19N5O2/c18-11-9(13-4-5-14-11)8-10-15-12(16-19-10)17-6-2-1-3-7-17/h9,13H,1-8H2,(H,14,18). The molecule has 1 atom stereocenters. The Bertz CT molecular complexity index is 441. The van der Waals surface area contributed by atoms with Gasteiger partial charge in [-0.1, -0.05) is 0 Å². The normalized spacial score (nSPS) is 24.3. The third-order valence-corrected chi connectivity index (χ3v) is 3.61. The van der Waals surface area contributed by atoms with E-state index in [1.807, 2.05) is 0 Å². The zero-order chi connectivity index (χ0) is 13.1. The van der Waals surface area contributed by atoms with Gasteiger partial charge in [0.15, 0.2) is 0 Å². The van der Waals surface area contributed by atoms with Crippen molar-refractivity contribution in [3.8, 4) is 0 Å². The number of carbonyl (C=O) groups excluding carboxylic acids is 1. The molecule has 19 heavy (non-hydrogen) atoms. The third-order valence-electron chi connectivity index (χ3n) is 3.61. The lowest BCUT2D eigenvalue weighted by Crippen LogP contribution is -2.53. The molecule has 2 saturated heterocycles. The Kier molecular flexibility index (Phi) is 3.63. The molecule has 1 unspecified atom stereocenters. The Hall–Kier alpha value is -1.63. The van der Waals surface area contributed by atoms with Crippen molar-refractivity contribution in [3.63, 3.8) is 0 Å². The summed E-state index contributed by atoms with van der Waals surface area (Å²) in [5.74, 6) is 1.19. The van der Waals surface area contributed by atoms with E-state index in [1.54, 1.807) is 0 Å². The summed E-state index contributed by atoms with van der Waals surface area (Å²) in [7, 11) is 0. The second-order valence-corrected chi connectivity index (χ2v) is 5.04. The monoisotopic (exact) mass is 265 g/mol. The first-order valence-corrected chi connectivity index (χ1v) is 6.91. The molecule has 0 bridgehead atoms. The molecule has 104 valence electrons. The second-order valence-electron chi connectivity index (χ2n) is 5.04. The molecule has 2 fully saturated rings. The molecule has 3 rings (SSSR count). The summed E-state index contributed by atoms with van der Waals surface area (Å²) in [5, 5.41) is 9.98. The zero-order valence-electron chi connectivity index (χ0n) is 10.9. The number of hydrogen-bond acceptors (Lipinski definition) is 6. The lowest BCUT2D eigenvalue weighted by Gasteiger charge is -2.24. The van der Waals surface area contributed by atoms with Crippen LogP contribution in [0.3, 0.4) is 0 Å². The van der Waals surface area contributed by atoms with Gasteiger partial charge in [-0.05, 0) is 24.4 Å². The maximum Gasteiger partial charge on any atom is 0.266 e. The number of piperidine rings is 1. The van der Waals surface area contributed by atoms with E-state index < -0.39 is 0 Å². The van der Waals surface area contributed by atoms with Gasteiger partial charge >= 0.3 is 0 Å². The fourth-order valence-corrected chi connectivity index (χ4v) is 2.54. The van der Waals surface area contributed by atoms with Gasteiger partial charge in [-0.3, -0.25) is 4.79 Å². The molecule has 0 radical (unpaired) electrons. The number of rotatable bonds is 3. The summed E-state index contributed by atoms with van der Waals surface area (Å²) in [6, 6.07) is -0.261. The number of nitrogens with zero attached hydrogens (tertiary/aromatic N) is 3. The van der Waals surface area contributed by atoms with E-state index in [1.165, 1.54) is 19.3 Å². The summed E-state index contributed by atoms with van der Waals surface area (Å²) < 4.78 is 5.25. The third kappa shape index (κ3) is 2.86. The molecular formula is C12H19N5O2. The minimum atomic E-state index is -0.261. The van der Waals surface area contributed by atoms with E-state index in [0.717, 1.165) is 19.6 Å². The lowest BCUT2D eigenvalue weighted by molar-refractivity contribution is -0.124. The average Bonchev–Trinajstić information content (AvgIpc) is 2.91. The van der Waals surface area contributed by atoms with Crippen LogP contribution in [0.2, 0.25) is 0 Å². The number of carbonyl (C=O) groups is 1. The zero-order valence-corrected chi connectivity index (χ0v) is 10.9. The van der Waals surface area contributed by atoms with Crippen molar-refractivity contribution in [1.82, 2.24) is 20.8 Å². The molecule has 2 aliphatic rings. The maximum atomic E-state index is 11.6. The molecule has 7 nitrogen and oxygen atoms in total. The highest BCUT2D eigenvalue weighted by molar-refractivity contribution is 5.82. The van der Waals surface area contributed by atoms with Crippen LogP contribution in [0.15, 0.2) is 4.52 Å². The first kappa shape index (κ1) is 12.4. The van der Waals surface area contributed by atoms with Crippen LogP contribution in [0.5, 0.6) is 0 Å². The molecule has 1 amide bonds. The number of anilines is 1. The van der Waals surface area contributed by atoms with Crippen molar-refractivity contribution in [2.45, 2.75) is 31.7 Å². The van der Waals surface area contributed by atoms with Crippen LogP contribution < -0.4 is 15.5 Å². The summed E-state index contributed by atoms with van der Waals surface area (Å²) in [5.41, 5.74) is 0. The van der Waals surface area contributed by atoms with Gasteiger partial charge in [-0.15, -0.1) is 0 Å². The second kappa shape index (κ2) is 5.56. The quantitative estimate of drug-likeness (QED) is 0.780. The Morgan fingerprint density at radius 1 is 1.26 bits per heavy atom. The molecule has 2 N–H and O–H groups in total. The molecule has 1 aromatic heterocycles. The van der Waals surface area contributed by atoms with Crippen LogP contribution >= 0.6 is 0 Å². The van der Waals surface area contributed by atoms with Crippen molar-refractivity contribution in [1.29, 1.82) is 0 Å². The van der Waals surface area contributed by atoms with E-state index in [9.17, 15) is 4.79 Å². The van der Waals surface area contributed by atoms with E-state index >= 15 is 0 Å². The lowest BCUT2D eigenvalue weighted by atomic mass is 10.1. The van der Waals surface area contributed by atoms with Crippen molar-refractivity contribution < 1.29 is 9.32 Å². The predicted molar refractivity (Wildman–Crippen MR) is 68.9 cm³/mol. The number of piperazine rings is 1. The Morgan fingerprint density at radius 2 is 2.11 bits per heavy atom. The average molecular weight is 265 g/mol. The number of amides is 1. The van der Waals surface area contributed by atoms with Crippen LogP contribution in [0.1, 0.15) is 25.2 Å². The highest BCUT2D eigenvalue weighted by Gasteiger charge is 2.25. The minimum absolute atomic E-state index is 0.00368. The van der Waals surface area contributed by atoms with Crippen LogP contribution in [-0.4, -0.2) is 48.3 Å². The van der Waals surface area contributed by atoms with Gasteiger partial charge in [0.25, 0.3) is 5.95 Å². The van der Waals surface area contributed by atoms with Crippen LogP contribution in [0.25, 0.3) is 0 Å². The van der Waals surface area contributed by atoms with Crippen LogP contribution in [0.4, 0.5) is 5.95 Å². The van der Waals surface area contributed by atoms with Crippen molar-refractivity contribution in [2.75, 3.05) is 31.1 Å². The van der Waals surface area contributed by atoms with Gasteiger partial charge < -0.3 is 20.1 Å². The summed E-state index contributed by atoms with van der Waals surface area (Å²) in [4.78, 5) is 18.2. The first-order chi connectivity index (χ1) is 9.33. The Labute approximate surface area is 111 Å². The minimum Gasteiger partial charge on any atom is -0.353 e. The number of nitrogens with one attached hydrogen (secondary N) is 2. The van der Waals surface area contributed by atoms with E-state index in [4.69, 9.17) is 4.52 Å². The number of aromatic nitrogens is 2. The molecule has 0 spiro atoms. The highest BCUT2D eigenvalue weighted by atomic mass is 16.5. The number of hydrogen-bond donors (Lipinski definition) is 2. The van der Waals surface area contributed by atoms with E-state index in [0.29, 0.717) is 24.8 Å². The smallest absolute Gasteiger partial charge is 0.266 e. The van der Waals surface area contributed by atoms with Crippen molar-refractivity contribution >= 4 is 11.9 Å². The van der Waals surface area contributed by atoms with Crippen LogP contribution in [0, 0.1) is 0 Å². The first-order valence-electron chi connectivity index (χ1n) is 6.91. The van der Waals surface area contributed by atoms with Crippen molar-refractivity contribution in [3.05, 3.63) is 5.89 Å². The Morgan fingerprint density at radius 3 is 2.89 bits per heavy atom. The predicted octanol–water partition coefficient (Wildman–Crippen LogP) is -0.310. The van der Waals surface area contributed by atoms with Crippen molar-refractivity contribution in [2.24, 2.45) is 0 Å². The molecule has 0 aliphatic carbocycles. The molecule has 2 aliphatic heterocycles. The van der Waals surface area contributed by atoms with Gasteiger partial charge in [-0.25, -0.2) is 0 Å². The molecule has 0 saturated carbocycles. The van der Waals surface area contributed by atoms with E-state index in [-0.39, 0.29) is 11.9 Å². The summed E-state index contributed by atoms with van der Waals surface area (Å²) in [6.07, 6.45) is 4.08. The highest BCUT2D eigenvalue weighted by Crippen LogP contribution is 2.16. The maximum absolute atomic E-state index is 11.6. The fraction of sp³-hybridized carbons (Fsp3) is 0.750. The van der Waals surface area contributed by atoms with Gasteiger partial charge in [0.1, 0.15) is 0 Å². The van der Waals surface area contributed by atoms with Gasteiger partial charge in [0, 0.05) is 26.2 Å². The molecular weight excluding hydrogens is 246 g/mol. The molecule has 3 heterocycles. The summed E-state index contributed by atoms with van der Waals surface area (Å²) >= 11 is 0. The SMILES string of the molecule is O=C1NCCNC1Cc1nc(N2CCCCC2)no1. The topological polar surface area (TPSA) is 83.3 Å². The van der Waals surface area contributed by atoms with Gasteiger partial charge in [0.05, 0.1) is 12.5 Å². The fourth-order valence-electron chi connectivity index (χ4n) is 2.54. The van der Waals surface area contributed by atoms with Crippen LogP contribution in [-0.2, 0) is 11.2 Å². The van der Waals surface area contributed by atoms with E-state index in [2.05, 4.69) is 25.7 Å². The Balaban J connectivity index is 1.62. The van der Waals surface area contributed by atoms with Gasteiger partial charge in [0.2, 0.25) is 11.8 Å². The largest absolute Gasteiger partial charge is 0.353 e. The summed E-state index contributed by atoms with van der Waals surface area (Å²) in [6.45, 7) is 3.43. The molecule has 0 aromatic carbocycles. The molecule has 7 heteroatoms. The van der Waals surface area contributed by atoms with Gasteiger partial charge in [-0.2, -0.15) is 4.98 Å².